The zero-order valence-electron chi connectivity index (χ0n) is 16.7. The number of nitriles is 1. The molecule has 0 aliphatic heterocycles. The predicted molar refractivity (Wildman–Crippen MR) is 120 cm³/mol. The highest BCUT2D eigenvalue weighted by Crippen LogP contribution is 2.34. The summed E-state index contributed by atoms with van der Waals surface area (Å²) in [6.45, 7) is 5.78. The van der Waals surface area contributed by atoms with Crippen LogP contribution in [0.5, 0.6) is 0 Å². The van der Waals surface area contributed by atoms with E-state index < -0.39 is 0 Å². The SMILES string of the molecule is CCN(Cc1ccccc1)c1c(CCCl)c(C)c(C#N)c2nc3ccccc3n12. The topological polar surface area (TPSA) is 44.3 Å². The molecule has 2 heterocycles. The summed E-state index contributed by atoms with van der Waals surface area (Å²) in [6.07, 6.45) is 0.700. The van der Waals surface area contributed by atoms with Crippen LogP contribution in [0.15, 0.2) is 54.6 Å². The van der Waals surface area contributed by atoms with Crippen molar-refractivity contribution in [1.82, 2.24) is 9.38 Å². The number of rotatable bonds is 6. The summed E-state index contributed by atoms with van der Waals surface area (Å²) in [5.74, 6) is 1.58. The average molecular weight is 403 g/mol. The number of aromatic nitrogens is 2. The van der Waals surface area contributed by atoms with E-state index in [0.717, 1.165) is 41.1 Å². The lowest BCUT2D eigenvalue weighted by atomic mass is 10.0. The number of para-hydroxylation sites is 2. The molecule has 0 saturated carbocycles. The second-order valence-electron chi connectivity index (χ2n) is 7.11. The van der Waals surface area contributed by atoms with Crippen LogP contribution < -0.4 is 4.90 Å². The molecule has 0 unspecified atom stereocenters. The van der Waals surface area contributed by atoms with Crippen LogP contribution >= 0.6 is 11.6 Å². The van der Waals surface area contributed by atoms with E-state index in [4.69, 9.17) is 16.6 Å². The minimum Gasteiger partial charge on any atom is -0.353 e. The van der Waals surface area contributed by atoms with Crippen molar-refractivity contribution in [2.45, 2.75) is 26.8 Å². The van der Waals surface area contributed by atoms with Crippen LogP contribution in [-0.2, 0) is 13.0 Å². The van der Waals surface area contributed by atoms with Gasteiger partial charge in [-0.25, -0.2) is 4.98 Å². The normalized spacial score (nSPS) is 11.1. The zero-order valence-corrected chi connectivity index (χ0v) is 17.4. The summed E-state index contributed by atoms with van der Waals surface area (Å²) >= 11 is 6.20. The Hall–Kier alpha value is -3.03. The summed E-state index contributed by atoms with van der Waals surface area (Å²) in [5, 5.41) is 9.91. The van der Waals surface area contributed by atoms with Crippen molar-refractivity contribution < 1.29 is 0 Å². The van der Waals surface area contributed by atoms with Gasteiger partial charge in [0.05, 0.1) is 16.6 Å². The molecule has 5 heteroatoms. The number of anilines is 1. The molecule has 29 heavy (non-hydrogen) atoms. The lowest BCUT2D eigenvalue weighted by molar-refractivity contribution is 0.795. The number of pyridine rings is 1. The van der Waals surface area contributed by atoms with Gasteiger partial charge in [0.15, 0.2) is 5.65 Å². The maximum Gasteiger partial charge on any atom is 0.157 e. The van der Waals surface area contributed by atoms with Gasteiger partial charge in [-0.15, -0.1) is 11.6 Å². The lowest BCUT2D eigenvalue weighted by Crippen LogP contribution is -2.27. The zero-order chi connectivity index (χ0) is 20.4. The van der Waals surface area contributed by atoms with Gasteiger partial charge in [-0.1, -0.05) is 42.5 Å². The van der Waals surface area contributed by atoms with Gasteiger partial charge in [0, 0.05) is 19.0 Å². The molecule has 0 saturated heterocycles. The maximum atomic E-state index is 9.91. The third-order valence-electron chi connectivity index (χ3n) is 5.45. The second kappa shape index (κ2) is 8.14. The highest BCUT2D eigenvalue weighted by atomic mass is 35.5. The molecule has 0 spiro atoms. The first-order valence-electron chi connectivity index (χ1n) is 9.87. The molecule has 0 aliphatic rings. The average Bonchev–Trinajstić information content (AvgIpc) is 3.13. The van der Waals surface area contributed by atoms with Gasteiger partial charge in [0.2, 0.25) is 0 Å². The fraction of sp³-hybridized carbons (Fsp3) is 0.250. The number of nitrogens with zero attached hydrogens (tertiary/aromatic N) is 4. The molecule has 0 aliphatic carbocycles. The molecule has 0 N–H and O–H groups in total. The molecule has 0 amide bonds. The third kappa shape index (κ3) is 3.32. The van der Waals surface area contributed by atoms with Crippen molar-refractivity contribution in [3.8, 4) is 6.07 Å². The van der Waals surface area contributed by atoms with Gasteiger partial charge in [0.1, 0.15) is 11.9 Å². The van der Waals surface area contributed by atoms with E-state index in [0.29, 0.717) is 23.5 Å². The molecule has 2 aromatic heterocycles. The smallest absolute Gasteiger partial charge is 0.157 e. The predicted octanol–water partition coefficient (Wildman–Crippen LogP) is 5.48. The van der Waals surface area contributed by atoms with Gasteiger partial charge in [-0.2, -0.15) is 5.26 Å². The number of imidazole rings is 1. The summed E-state index contributed by atoms with van der Waals surface area (Å²) in [6, 6.07) is 20.9. The van der Waals surface area contributed by atoms with E-state index in [9.17, 15) is 5.26 Å². The molecule has 0 bridgehead atoms. The van der Waals surface area contributed by atoms with Gasteiger partial charge in [-0.3, -0.25) is 4.40 Å². The first-order chi connectivity index (χ1) is 14.2. The lowest BCUT2D eigenvalue weighted by Gasteiger charge is -2.28. The Labute approximate surface area is 176 Å². The van der Waals surface area contributed by atoms with E-state index in [1.165, 1.54) is 5.56 Å². The monoisotopic (exact) mass is 402 g/mol. The molecule has 0 radical (unpaired) electrons. The Bertz CT molecular complexity index is 1200. The van der Waals surface area contributed by atoms with E-state index in [1.807, 2.05) is 31.2 Å². The Morgan fingerprint density at radius 3 is 2.52 bits per heavy atom. The van der Waals surface area contributed by atoms with E-state index in [1.54, 1.807) is 0 Å². The van der Waals surface area contributed by atoms with Gasteiger partial charge in [-0.05, 0) is 49.1 Å². The van der Waals surface area contributed by atoms with Crippen molar-refractivity contribution >= 4 is 34.1 Å². The number of hydrogen-bond acceptors (Lipinski definition) is 3. The van der Waals surface area contributed by atoms with Gasteiger partial charge >= 0.3 is 0 Å². The second-order valence-corrected chi connectivity index (χ2v) is 7.49. The van der Waals surface area contributed by atoms with E-state index in [2.05, 4.69) is 52.6 Å². The van der Waals surface area contributed by atoms with Crippen molar-refractivity contribution in [3.05, 3.63) is 76.9 Å². The summed E-state index contributed by atoms with van der Waals surface area (Å²) in [5.41, 5.74) is 6.57. The van der Waals surface area contributed by atoms with Crippen LogP contribution in [0, 0.1) is 18.3 Å². The number of alkyl halides is 1. The molecule has 4 rings (SSSR count). The standard InChI is InChI=1S/C24H23ClN4/c1-3-28(16-18-9-5-4-6-10-18)24-19(13-14-25)17(2)20(15-26)23-27-21-11-7-8-12-22(21)29(23)24/h4-12H,3,13-14,16H2,1-2H3. The van der Waals surface area contributed by atoms with Gasteiger partial charge in [0.25, 0.3) is 0 Å². The molecular weight excluding hydrogens is 380 g/mol. The molecule has 0 fully saturated rings. The van der Waals surface area contributed by atoms with Crippen LogP contribution in [0.3, 0.4) is 0 Å². The number of fused-ring (bicyclic) bond motifs is 3. The minimum absolute atomic E-state index is 0.500. The molecular formula is C24H23ClN4. The minimum atomic E-state index is 0.500. The molecule has 0 atom stereocenters. The largest absolute Gasteiger partial charge is 0.353 e. The van der Waals surface area contributed by atoms with Crippen molar-refractivity contribution in [3.63, 3.8) is 0 Å². The van der Waals surface area contributed by atoms with Crippen LogP contribution in [0.4, 0.5) is 5.82 Å². The number of halogens is 1. The maximum absolute atomic E-state index is 9.91. The molecule has 4 nitrogen and oxygen atoms in total. The van der Waals surface area contributed by atoms with Crippen LogP contribution in [0.1, 0.15) is 29.2 Å². The molecule has 4 aromatic rings. The first-order valence-corrected chi connectivity index (χ1v) is 10.4. The Kier molecular flexibility index (Phi) is 5.42. The third-order valence-corrected chi connectivity index (χ3v) is 5.64. The van der Waals surface area contributed by atoms with Crippen LogP contribution in [0.2, 0.25) is 0 Å². The first kappa shape index (κ1) is 19.3. The van der Waals surface area contributed by atoms with Crippen LogP contribution in [0.25, 0.3) is 16.7 Å². The summed E-state index contributed by atoms with van der Waals surface area (Å²) in [7, 11) is 0. The highest BCUT2D eigenvalue weighted by Gasteiger charge is 2.23. The van der Waals surface area contributed by atoms with Crippen molar-refractivity contribution in [1.29, 1.82) is 5.26 Å². The number of hydrogen-bond donors (Lipinski definition) is 0. The van der Waals surface area contributed by atoms with E-state index >= 15 is 0 Å². The Morgan fingerprint density at radius 1 is 1.10 bits per heavy atom. The van der Waals surface area contributed by atoms with E-state index in [-0.39, 0.29) is 0 Å². The van der Waals surface area contributed by atoms with Crippen molar-refractivity contribution in [2.24, 2.45) is 0 Å². The molecule has 2 aromatic carbocycles. The summed E-state index contributed by atoms with van der Waals surface area (Å²) in [4.78, 5) is 7.17. The van der Waals surface area contributed by atoms with Crippen molar-refractivity contribution in [2.75, 3.05) is 17.3 Å². The van der Waals surface area contributed by atoms with Gasteiger partial charge < -0.3 is 4.90 Å². The Morgan fingerprint density at radius 2 is 1.83 bits per heavy atom. The fourth-order valence-electron chi connectivity index (χ4n) is 4.03. The summed E-state index contributed by atoms with van der Waals surface area (Å²) < 4.78 is 2.15. The molecule has 146 valence electrons. The van der Waals surface area contributed by atoms with Crippen LogP contribution in [-0.4, -0.2) is 21.8 Å². The Balaban J connectivity index is 2.07. The highest BCUT2D eigenvalue weighted by molar-refractivity contribution is 6.18. The quantitative estimate of drug-likeness (QED) is 0.401. The fourth-order valence-corrected chi connectivity index (χ4v) is 4.22. The number of benzene rings is 2.